The summed E-state index contributed by atoms with van der Waals surface area (Å²) in [5.74, 6) is -0.907. The van der Waals surface area contributed by atoms with Crippen LogP contribution in [0.25, 0.3) is 0 Å². The van der Waals surface area contributed by atoms with Gasteiger partial charge in [-0.2, -0.15) is 0 Å². The zero-order chi connectivity index (χ0) is 14.5. The second-order valence-corrected chi connectivity index (χ2v) is 5.12. The van der Waals surface area contributed by atoms with Crippen LogP contribution in [0.1, 0.15) is 22.8 Å². The summed E-state index contributed by atoms with van der Waals surface area (Å²) >= 11 is 0. The first-order chi connectivity index (χ1) is 9.60. The number of rotatable bonds is 5. The van der Waals surface area contributed by atoms with Crippen molar-refractivity contribution in [3.05, 3.63) is 29.3 Å². The zero-order valence-corrected chi connectivity index (χ0v) is 12.1. The molecular weight excluding hydrogens is 256 g/mol. The lowest BCUT2D eigenvalue weighted by atomic mass is 10.1. The summed E-state index contributed by atoms with van der Waals surface area (Å²) in [6, 6.07) is 5.42. The van der Waals surface area contributed by atoms with Gasteiger partial charge in [-0.3, -0.25) is 4.90 Å². The number of anilines is 1. The average Bonchev–Trinajstić information content (AvgIpc) is 2.46. The van der Waals surface area contributed by atoms with Crippen LogP contribution < -0.4 is 5.32 Å². The highest BCUT2D eigenvalue weighted by Crippen LogP contribution is 2.18. The van der Waals surface area contributed by atoms with Gasteiger partial charge in [0.05, 0.1) is 18.3 Å². The molecule has 2 rings (SSSR count). The molecule has 1 heterocycles. The van der Waals surface area contributed by atoms with Crippen LogP contribution in [0.3, 0.4) is 0 Å². The first kappa shape index (κ1) is 14.8. The van der Waals surface area contributed by atoms with E-state index in [1.54, 1.807) is 6.07 Å². The van der Waals surface area contributed by atoms with Gasteiger partial charge in [0.1, 0.15) is 0 Å². The van der Waals surface area contributed by atoms with Gasteiger partial charge in [0.2, 0.25) is 0 Å². The molecule has 1 aromatic carbocycles. The van der Waals surface area contributed by atoms with E-state index in [9.17, 15) is 9.90 Å². The average molecular weight is 278 g/mol. The van der Waals surface area contributed by atoms with E-state index < -0.39 is 5.97 Å². The normalized spacial score (nSPS) is 19.8. The van der Waals surface area contributed by atoms with Crippen LogP contribution in [-0.4, -0.2) is 54.9 Å². The molecular formula is C15H22N2O3. The minimum Gasteiger partial charge on any atom is -0.478 e. The van der Waals surface area contributed by atoms with Crippen LogP contribution in [0.5, 0.6) is 0 Å². The van der Waals surface area contributed by atoms with E-state index in [2.05, 4.69) is 17.1 Å². The number of morpholine rings is 1. The first-order valence-electron chi connectivity index (χ1n) is 7.02. The van der Waals surface area contributed by atoms with Crippen molar-refractivity contribution >= 4 is 11.7 Å². The number of ether oxygens (including phenoxy) is 1. The van der Waals surface area contributed by atoms with Crippen molar-refractivity contribution in [1.29, 1.82) is 0 Å². The Hall–Kier alpha value is -1.59. The lowest BCUT2D eigenvalue weighted by molar-refractivity contribution is -0.0191. The Balaban J connectivity index is 1.98. The maximum Gasteiger partial charge on any atom is 0.337 e. The Morgan fingerprint density at radius 1 is 1.55 bits per heavy atom. The highest BCUT2D eigenvalue weighted by Gasteiger charge is 2.19. The molecule has 0 spiro atoms. The molecule has 1 aromatic rings. The molecule has 1 aliphatic heterocycles. The molecule has 1 atom stereocenters. The van der Waals surface area contributed by atoms with Crippen molar-refractivity contribution in [1.82, 2.24) is 4.90 Å². The van der Waals surface area contributed by atoms with Gasteiger partial charge in [0.15, 0.2) is 0 Å². The number of aromatic carboxylic acids is 1. The van der Waals surface area contributed by atoms with Crippen LogP contribution in [-0.2, 0) is 4.74 Å². The Labute approximate surface area is 119 Å². The summed E-state index contributed by atoms with van der Waals surface area (Å²) in [5.41, 5.74) is 1.91. The van der Waals surface area contributed by atoms with Gasteiger partial charge in [-0.1, -0.05) is 18.6 Å². The smallest absolute Gasteiger partial charge is 0.337 e. The predicted octanol–water partition coefficient (Wildman–Crippen LogP) is 1.83. The number of aryl methyl sites for hydroxylation is 1. The number of carboxylic acid groups (broad SMARTS) is 1. The van der Waals surface area contributed by atoms with Crippen molar-refractivity contribution < 1.29 is 14.6 Å². The van der Waals surface area contributed by atoms with Gasteiger partial charge in [0.25, 0.3) is 0 Å². The molecule has 1 aliphatic rings. The van der Waals surface area contributed by atoms with E-state index >= 15 is 0 Å². The predicted molar refractivity (Wildman–Crippen MR) is 78.5 cm³/mol. The third-order valence-corrected chi connectivity index (χ3v) is 3.60. The van der Waals surface area contributed by atoms with E-state index in [-0.39, 0.29) is 6.10 Å². The quantitative estimate of drug-likeness (QED) is 0.860. The topological polar surface area (TPSA) is 61.8 Å². The number of nitrogens with zero attached hydrogens (tertiary/aromatic N) is 1. The van der Waals surface area contributed by atoms with E-state index in [1.165, 1.54) is 0 Å². The highest BCUT2D eigenvalue weighted by molar-refractivity contribution is 5.94. The minimum atomic E-state index is -0.907. The molecule has 1 saturated heterocycles. The molecule has 0 aliphatic carbocycles. The number of hydrogen-bond acceptors (Lipinski definition) is 4. The molecule has 0 radical (unpaired) electrons. The molecule has 5 heteroatoms. The van der Waals surface area contributed by atoms with E-state index in [1.807, 2.05) is 19.1 Å². The van der Waals surface area contributed by atoms with Crippen molar-refractivity contribution in [2.24, 2.45) is 0 Å². The summed E-state index contributed by atoms with van der Waals surface area (Å²) in [7, 11) is 0. The molecule has 20 heavy (non-hydrogen) atoms. The highest BCUT2D eigenvalue weighted by atomic mass is 16.5. The van der Waals surface area contributed by atoms with E-state index in [4.69, 9.17) is 4.74 Å². The maximum absolute atomic E-state index is 11.2. The largest absolute Gasteiger partial charge is 0.478 e. The van der Waals surface area contributed by atoms with Gasteiger partial charge in [0, 0.05) is 25.3 Å². The fourth-order valence-corrected chi connectivity index (χ4v) is 2.40. The van der Waals surface area contributed by atoms with Crippen molar-refractivity contribution in [3.8, 4) is 0 Å². The second-order valence-electron chi connectivity index (χ2n) is 5.12. The summed E-state index contributed by atoms with van der Waals surface area (Å²) in [5, 5.41) is 12.4. The number of nitrogens with one attached hydrogen (secondary N) is 1. The standard InChI is InChI=1S/C15H22N2O3/c1-3-17-6-7-20-12(10-17)9-16-14-5-4-11(2)8-13(14)15(18)19/h4-5,8,12,16H,3,6-7,9-10H2,1-2H3,(H,18,19). The summed E-state index contributed by atoms with van der Waals surface area (Å²) in [6.45, 7) is 8.26. The van der Waals surface area contributed by atoms with Gasteiger partial charge in [-0.05, 0) is 25.6 Å². The molecule has 2 N–H and O–H groups in total. The monoisotopic (exact) mass is 278 g/mol. The van der Waals surface area contributed by atoms with Gasteiger partial charge >= 0.3 is 5.97 Å². The van der Waals surface area contributed by atoms with Crippen LogP contribution in [0.15, 0.2) is 18.2 Å². The molecule has 5 nitrogen and oxygen atoms in total. The van der Waals surface area contributed by atoms with Crippen molar-refractivity contribution in [2.75, 3.05) is 38.1 Å². The lowest BCUT2D eigenvalue weighted by Gasteiger charge is -2.32. The third-order valence-electron chi connectivity index (χ3n) is 3.60. The number of hydrogen-bond donors (Lipinski definition) is 2. The van der Waals surface area contributed by atoms with Gasteiger partial charge < -0.3 is 15.2 Å². The van der Waals surface area contributed by atoms with E-state index in [0.29, 0.717) is 17.8 Å². The number of carbonyl (C=O) groups is 1. The third kappa shape index (κ3) is 3.71. The van der Waals surface area contributed by atoms with Crippen LogP contribution >= 0.6 is 0 Å². The maximum atomic E-state index is 11.2. The summed E-state index contributed by atoms with van der Waals surface area (Å²) in [4.78, 5) is 13.6. The van der Waals surface area contributed by atoms with E-state index in [0.717, 1.165) is 31.8 Å². The molecule has 0 saturated carbocycles. The van der Waals surface area contributed by atoms with Crippen LogP contribution in [0, 0.1) is 6.92 Å². The van der Waals surface area contributed by atoms with Crippen LogP contribution in [0.2, 0.25) is 0 Å². The van der Waals surface area contributed by atoms with Crippen molar-refractivity contribution in [2.45, 2.75) is 20.0 Å². The van der Waals surface area contributed by atoms with Crippen molar-refractivity contribution in [3.63, 3.8) is 0 Å². The number of benzene rings is 1. The Morgan fingerprint density at radius 2 is 2.35 bits per heavy atom. The fraction of sp³-hybridized carbons (Fsp3) is 0.533. The molecule has 0 bridgehead atoms. The Morgan fingerprint density at radius 3 is 3.05 bits per heavy atom. The molecule has 0 amide bonds. The SMILES string of the molecule is CCN1CCOC(CNc2ccc(C)cc2C(=O)O)C1. The summed E-state index contributed by atoms with van der Waals surface area (Å²) in [6.07, 6.45) is 0.103. The van der Waals surface area contributed by atoms with Gasteiger partial charge in [-0.15, -0.1) is 0 Å². The lowest BCUT2D eigenvalue weighted by Crippen LogP contribution is -2.45. The summed E-state index contributed by atoms with van der Waals surface area (Å²) < 4.78 is 5.70. The zero-order valence-electron chi connectivity index (χ0n) is 12.1. The first-order valence-corrected chi connectivity index (χ1v) is 7.02. The fourth-order valence-electron chi connectivity index (χ4n) is 2.40. The Bertz CT molecular complexity index is 476. The molecule has 0 aromatic heterocycles. The minimum absolute atomic E-state index is 0.103. The number of carboxylic acids is 1. The molecule has 1 fully saturated rings. The molecule has 110 valence electrons. The Kier molecular flexibility index (Phi) is 4.98. The van der Waals surface area contributed by atoms with Gasteiger partial charge in [-0.25, -0.2) is 4.79 Å². The number of likely N-dealkylation sites (N-methyl/N-ethyl adjacent to an activating group) is 1. The second kappa shape index (κ2) is 6.72. The van der Waals surface area contributed by atoms with Crippen LogP contribution in [0.4, 0.5) is 5.69 Å². The molecule has 1 unspecified atom stereocenters.